The summed E-state index contributed by atoms with van der Waals surface area (Å²) in [6.45, 7) is 1.50. The van der Waals surface area contributed by atoms with Crippen LogP contribution in [0.1, 0.15) is 24.5 Å². The number of rotatable bonds is 3. The number of halogens is 3. The molecule has 0 heterocycles. The normalized spacial score (nSPS) is 12.4. The van der Waals surface area contributed by atoms with Gasteiger partial charge in [0.15, 0.2) is 0 Å². The summed E-state index contributed by atoms with van der Waals surface area (Å²) in [6, 6.07) is 11.4. The van der Waals surface area contributed by atoms with E-state index in [4.69, 9.17) is 0 Å². The molecule has 2 aromatic rings. The lowest BCUT2D eigenvalue weighted by Crippen LogP contribution is -2.30. The molecular weight excluding hydrogens is 281 g/mol. The quantitative estimate of drug-likeness (QED) is 0.883. The van der Waals surface area contributed by atoms with E-state index in [1.54, 1.807) is 0 Å². The average Bonchev–Trinajstić information content (AvgIpc) is 2.38. The SMILES string of the molecule is CC(CC(F)(F)F)(c1ccc(O)cc1)c1ccc(O)cc1. The van der Waals surface area contributed by atoms with Gasteiger partial charge in [-0.15, -0.1) is 0 Å². The molecule has 0 fully saturated rings. The van der Waals surface area contributed by atoms with Gasteiger partial charge in [-0.3, -0.25) is 0 Å². The van der Waals surface area contributed by atoms with E-state index in [1.165, 1.54) is 55.5 Å². The number of benzene rings is 2. The minimum Gasteiger partial charge on any atom is -0.508 e. The zero-order chi connectivity index (χ0) is 15.7. The van der Waals surface area contributed by atoms with Gasteiger partial charge in [-0.05, 0) is 35.4 Å². The van der Waals surface area contributed by atoms with Crippen molar-refractivity contribution >= 4 is 0 Å². The Bertz CT molecular complexity index is 555. The summed E-state index contributed by atoms with van der Waals surface area (Å²) in [7, 11) is 0. The molecule has 0 saturated heterocycles. The smallest absolute Gasteiger partial charge is 0.390 e. The van der Waals surface area contributed by atoms with E-state index in [1.807, 2.05) is 0 Å². The van der Waals surface area contributed by atoms with Crippen molar-refractivity contribution in [3.05, 3.63) is 59.7 Å². The Morgan fingerprint density at radius 2 is 1.10 bits per heavy atom. The number of alkyl halides is 3. The van der Waals surface area contributed by atoms with Crippen LogP contribution >= 0.6 is 0 Å². The predicted molar refractivity (Wildman–Crippen MR) is 73.3 cm³/mol. The highest BCUT2D eigenvalue weighted by molar-refractivity contribution is 5.42. The Kier molecular flexibility index (Phi) is 3.85. The molecule has 0 aliphatic rings. The average molecular weight is 296 g/mol. The molecular formula is C16H15F3O2. The summed E-state index contributed by atoms with van der Waals surface area (Å²) in [4.78, 5) is 0. The van der Waals surface area contributed by atoms with Gasteiger partial charge in [-0.1, -0.05) is 31.2 Å². The molecule has 0 saturated carbocycles. The second-order valence-electron chi connectivity index (χ2n) is 5.22. The summed E-state index contributed by atoms with van der Waals surface area (Å²) in [6.07, 6.45) is -5.37. The van der Waals surface area contributed by atoms with Crippen LogP contribution < -0.4 is 0 Å². The van der Waals surface area contributed by atoms with Crippen LogP contribution in [-0.4, -0.2) is 16.4 Å². The summed E-state index contributed by atoms with van der Waals surface area (Å²) in [5.41, 5.74) is -0.397. The third-order valence-electron chi connectivity index (χ3n) is 3.56. The van der Waals surface area contributed by atoms with Crippen molar-refractivity contribution < 1.29 is 23.4 Å². The Balaban J connectivity index is 2.53. The van der Waals surface area contributed by atoms with Crippen LogP contribution in [-0.2, 0) is 5.41 Å². The van der Waals surface area contributed by atoms with Crippen LogP contribution in [0.15, 0.2) is 48.5 Å². The van der Waals surface area contributed by atoms with Crippen LogP contribution in [0.2, 0.25) is 0 Å². The lowest BCUT2D eigenvalue weighted by atomic mass is 9.73. The van der Waals surface area contributed by atoms with E-state index in [0.29, 0.717) is 11.1 Å². The highest BCUT2D eigenvalue weighted by Gasteiger charge is 2.41. The molecule has 5 heteroatoms. The van der Waals surface area contributed by atoms with Gasteiger partial charge in [0, 0.05) is 5.41 Å². The van der Waals surface area contributed by atoms with Crippen molar-refractivity contribution in [1.82, 2.24) is 0 Å². The summed E-state index contributed by atoms with van der Waals surface area (Å²) < 4.78 is 38.9. The number of hydrogen-bond acceptors (Lipinski definition) is 2. The van der Waals surface area contributed by atoms with Gasteiger partial charge in [0.05, 0.1) is 6.42 Å². The lowest BCUT2D eigenvalue weighted by molar-refractivity contribution is -0.144. The van der Waals surface area contributed by atoms with Crippen molar-refractivity contribution in [2.24, 2.45) is 0 Å². The first-order valence-electron chi connectivity index (χ1n) is 6.36. The van der Waals surface area contributed by atoms with E-state index in [-0.39, 0.29) is 11.5 Å². The maximum atomic E-state index is 13.0. The summed E-state index contributed by atoms with van der Waals surface area (Å²) in [5.74, 6) is -0.00219. The molecule has 0 bridgehead atoms. The maximum absolute atomic E-state index is 13.0. The third kappa shape index (κ3) is 3.48. The molecule has 2 rings (SSSR count). The number of phenols is 2. The number of aromatic hydroxyl groups is 2. The summed E-state index contributed by atoms with van der Waals surface area (Å²) in [5, 5.41) is 18.6. The monoisotopic (exact) mass is 296 g/mol. The largest absolute Gasteiger partial charge is 0.508 e. The Labute approximate surface area is 120 Å². The minimum absolute atomic E-state index is 0.00110. The van der Waals surface area contributed by atoms with Gasteiger partial charge in [0.1, 0.15) is 11.5 Å². The molecule has 2 nitrogen and oxygen atoms in total. The van der Waals surface area contributed by atoms with Crippen LogP contribution in [0.4, 0.5) is 13.2 Å². The van der Waals surface area contributed by atoms with E-state index >= 15 is 0 Å². The van der Waals surface area contributed by atoms with Gasteiger partial charge in [-0.25, -0.2) is 0 Å². The fourth-order valence-electron chi connectivity index (χ4n) is 2.43. The first-order valence-corrected chi connectivity index (χ1v) is 6.36. The first kappa shape index (κ1) is 15.2. The van der Waals surface area contributed by atoms with Crippen LogP contribution in [0.3, 0.4) is 0 Å². The molecule has 0 atom stereocenters. The van der Waals surface area contributed by atoms with Crippen molar-refractivity contribution in [3.63, 3.8) is 0 Å². The van der Waals surface area contributed by atoms with E-state index in [0.717, 1.165) is 0 Å². The number of hydrogen-bond donors (Lipinski definition) is 2. The minimum atomic E-state index is -4.34. The highest BCUT2D eigenvalue weighted by atomic mass is 19.4. The molecule has 0 aromatic heterocycles. The van der Waals surface area contributed by atoms with Crippen molar-refractivity contribution in [1.29, 1.82) is 0 Å². The molecule has 0 amide bonds. The van der Waals surface area contributed by atoms with Gasteiger partial charge >= 0.3 is 6.18 Å². The molecule has 2 aromatic carbocycles. The molecule has 0 unspecified atom stereocenters. The summed E-state index contributed by atoms with van der Waals surface area (Å²) >= 11 is 0. The standard InChI is InChI=1S/C16H15F3O2/c1-15(10-16(17,18)19,11-2-6-13(20)7-3-11)12-4-8-14(21)9-5-12/h2-9,20-21H,10H2,1H3. The first-order chi connectivity index (χ1) is 9.71. The Hall–Kier alpha value is -2.17. The zero-order valence-electron chi connectivity index (χ0n) is 11.4. The second kappa shape index (κ2) is 5.31. The van der Waals surface area contributed by atoms with E-state index < -0.39 is 18.0 Å². The molecule has 0 aliphatic heterocycles. The van der Waals surface area contributed by atoms with Gasteiger partial charge < -0.3 is 10.2 Å². The predicted octanol–water partition coefficient (Wildman–Crippen LogP) is 4.36. The molecule has 0 spiro atoms. The zero-order valence-corrected chi connectivity index (χ0v) is 11.4. The van der Waals surface area contributed by atoms with Gasteiger partial charge in [0.25, 0.3) is 0 Å². The van der Waals surface area contributed by atoms with E-state index in [9.17, 15) is 23.4 Å². The van der Waals surface area contributed by atoms with E-state index in [2.05, 4.69) is 0 Å². The Morgan fingerprint density at radius 1 is 0.762 bits per heavy atom. The fraction of sp³-hybridized carbons (Fsp3) is 0.250. The highest BCUT2D eigenvalue weighted by Crippen LogP contribution is 2.42. The van der Waals surface area contributed by atoms with Gasteiger partial charge in [0.2, 0.25) is 0 Å². The lowest BCUT2D eigenvalue weighted by Gasteiger charge is -2.32. The van der Waals surface area contributed by atoms with Crippen LogP contribution in [0.25, 0.3) is 0 Å². The number of phenolic OH excluding ortho intramolecular Hbond substituents is 2. The third-order valence-corrected chi connectivity index (χ3v) is 3.56. The Morgan fingerprint density at radius 3 is 1.38 bits per heavy atom. The van der Waals surface area contributed by atoms with Crippen molar-refractivity contribution in [3.8, 4) is 11.5 Å². The fourth-order valence-corrected chi connectivity index (χ4v) is 2.43. The second-order valence-corrected chi connectivity index (χ2v) is 5.22. The van der Waals surface area contributed by atoms with Crippen LogP contribution in [0.5, 0.6) is 11.5 Å². The molecule has 0 aliphatic carbocycles. The molecule has 21 heavy (non-hydrogen) atoms. The molecule has 2 N–H and O–H groups in total. The van der Waals surface area contributed by atoms with Crippen LogP contribution in [0, 0.1) is 0 Å². The topological polar surface area (TPSA) is 40.5 Å². The maximum Gasteiger partial charge on any atom is 0.390 e. The van der Waals surface area contributed by atoms with Crippen molar-refractivity contribution in [2.45, 2.75) is 24.9 Å². The van der Waals surface area contributed by atoms with Gasteiger partial charge in [-0.2, -0.15) is 13.2 Å². The van der Waals surface area contributed by atoms with Crippen molar-refractivity contribution in [2.75, 3.05) is 0 Å². The molecule has 0 radical (unpaired) electrons. The molecule has 112 valence electrons.